The highest BCUT2D eigenvalue weighted by Crippen LogP contribution is 2.00. The first kappa shape index (κ1) is 13.8. The van der Waals surface area contributed by atoms with E-state index in [1.54, 1.807) is 12.1 Å². The Morgan fingerprint density at radius 2 is 2.21 bits per heavy atom. The standard InChI is InChI=1S/C13H19N3O3/c17-10-11-2-3-12(15-11)13(18)14-4-1-5-16-6-8-19-9-7-16/h2-3,10,15H,1,4-9H2,(H,14,18). The van der Waals surface area contributed by atoms with E-state index >= 15 is 0 Å². The highest BCUT2D eigenvalue weighted by atomic mass is 16.5. The molecule has 0 bridgehead atoms. The van der Waals surface area contributed by atoms with E-state index < -0.39 is 0 Å². The summed E-state index contributed by atoms with van der Waals surface area (Å²) in [4.78, 5) is 27.3. The second-order valence-electron chi connectivity index (χ2n) is 4.51. The minimum absolute atomic E-state index is 0.171. The van der Waals surface area contributed by atoms with E-state index in [0.29, 0.717) is 24.2 Å². The topological polar surface area (TPSA) is 74.4 Å². The third kappa shape index (κ3) is 4.18. The van der Waals surface area contributed by atoms with Gasteiger partial charge in [0.2, 0.25) is 0 Å². The van der Waals surface area contributed by atoms with Gasteiger partial charge in [-0.1, -0.05) is 0 Å². The van der Waals surface area contributed by atoms with Crippen molar-refractivity contribution < 1.29 is 14.3 Å². The number of ether oxygens (including phenoxy) is 1. The summed E-state index contributed by atoms with van der Waals surface area (Å²) in [6, 6.07) is 3.21. The van der Waals surface area contributed by atoms with Gasteiger partial charge < -0.3 is 15.0 Å². The van der Waals surface area contributed by atoms with Gasteiger partial charge >= 0.3 is 0 Å². The van der Waals surface area contributed by atoms with E-state index in [9.17, 15) is 9.59 Å². The molecular formula is C13H19N3O3. The summed E-state index contributed by atoms with van der Waals surface area (Å²) < 4.78 is 5.27. The van der Waals surface area contributed by atoms with Crippen LogP contribution in [0.2, 0.25) is 0 Å². The zero-order valence-electron chi connectivity index (χ0n) is 10.9. The molecule has 6 nitrogen and oxygen atoms in total. The molecule has 2 heterocycles. The molecule has 0 unspecified atom stereocenters. The second kappa shape index (κ2) is 7.06. The molecular weight excluding hydrogens is 246 g/mol. The number of aromatic nitrogens is 1. The van der Waals surface area contributed by atoms with Crippen molar-refractivity contribution in [3.63, 3.8) is 0 Å². The molecule has 0 aromatic carbocycles. The maximum Gasteiger partial charge on any atom is 0.267 e. The van der Waals surface area contributed by atoms with E-state index in [2.05, 4.69) is 15.2 Å². The summed E-state index contributed by atoms with van der Waals surface area (Å²) in [6.45, 7) is 5.12. The van der Waals surface area contributed by atoms with E-state index in [1.807, 2.05) is 0 Å². The predicted octanol–water partition coefficient (Wildman–Crippen LogP) is 0.279. The smallest absolute Gasteiger partial charge is 0.267 e. The number of nitrogens with one attached hydrogen (secondary N) is 2. The molecule has 2 N–H and O–H groups in total. The van der Waals surface area contributed by atoms with Gasteiger partial charge in [0.15, 0.2) is 6.29 Å². The number of carbonyl (C=O) groups excluding carboxylic acids is 2. The number of H-pyrrole nitrogens is 1. The maximum absolute atomic E-state index is 11.7. The number of aldehydes is 1. The van der Waals surface area contributed by atoms with Crippen molar-refractivity contribution in [2.75, 3.05) is 39.4 Å². The Kier molecular flexibility index (Phi) is 5.11. The Balaban J connectivity index is 1.64. The minimum Gasteiger partial charge on any atom is -0.379 e. The number of morpholine rings is 1. The van der Waals surface area contributed by atoms with Crippen LogP contribution in [-0.4, -0.2) is 61.5 Å². The van der Waals surface area contributed by atoms with E-state index in [1.165, 1.54) is 0 Å². The molecule has 1 fully saturated rings. The number of nitrogens with zero attached hydrogens (tertiary/aromatic N) is 1. The molecule has 1 aliphatic heterocycles. The molecule has 2 rings (SSSR count). The monoisotopic (exact) mass is 265 g/mol. The highest BCUT2D eigenvalue weighted by Gasteiger charge is 2.10. The third-order valence-corrected chi connectivity index (χ3v) is 3.12. The molecule has 1 aromatic heterocycles. The Morgan fingerprint density at radius 1 is 1.42 bits per heavy atom. The van der Waals surface area contributed by atoms with Crippen molar-refractivity contribution >= 4 is 12.2 Å². The van der Waals surface area contributed by atoms with E-state index in [0.717, 1.165) is 39.3 Å². The molecule has 1 saturated heterocycles. The van der Waals surface area contributed by atoms with Crippen LogP contribution in [0.25, 0.3) is 0 Å². The van der Waals surface area contributed by atoms with Crippen LogP contribution in [-0.2, 0) is 4.74 Å². The molecule has 0 aliphatic carbocycles. The van der Waals surface area contributed by atoms with Gasteiger partial charge in [0, 0.05) is 19.6 Å². The van der Waals surface area contributed by atoms with Crippen molar-refractivity contribution in [3.8, 4) is 0 Å². The first-order valence-corrected chi connectivity index (χ1v) is 6.52. The Labute approximate surface area is 112 Å². The van der Waals surface area contributed by atoms with Crippen molar-refractivity contribution in [1.82, 2.24) is 15.2 Å². The second-order valence-corrected chi connectivity index (χ2v) is 4.51. The average Bonchev–Trinajstić information content (AvgIpc) is 2.93. The fourth-order valence-corrected chi connectivity index (χ4v) is 2.04. The van der Waals surface area contributed by atoms with Crippen LogP contribution >= 0.6 is 0 Å². The van der Waals surface area contributed by atoms with Gasteiger partial charge in [0.1, 0.15) is 5.69 Å². The Hall–Kier alpha value is -1.66. The number of hydrogen-bond donors (Lipinski definition) is 2. The molecule has 1 aromatic rings. The first-order valence-electron chi connectivity index (χ1n) is 6.52. The van der Waals surface area contributed by atoms with E-state index in [4.69, 9.17) is 4.74 Å². The average molecular weight is 265 g/mol. The van der Waals surface area contributed by atoms with Gasteiger partial charge in [0.05, 0.1) is 18.9 Å². The summed E-state index contributed by atoms with van der Waals surface area (Å²) in [7, 11) is 0. The molecule has 1 aliphatic rings. The number of amides is 1. The summed E-state index contributed by atoms with van der Waals surface area (Å²) in [6.07, 6.45) is 1.60. The zero-order chi connectivity index (χ0) is 13.5. The fraction of sp³-hybridized carbons (Fsp3) is 0.538. The van der Waals surface area contributed by atoms with Crippen molar-refractivity contribution in [2.45, 2.75) is 6.42 Å². The van der Waals surface area contributed by atoms with Gasteiger partial charge in [-0.25, -0.2) is 0 Å². The molecule has 1 amide bonds. The van der Waals surface area contributed by atoms with Crippen molar-refractivity contribution in [2.24, 2.45) is 0 Å². The summed E-state index contributed by atoms with van der Waals surface area (Å²) in [5.74, 6) is -0.171. The zero-order valence-corrected chi connectivity index (χ0v) is 10.9. The van der Waals surface area contributed by atoms with E-state index in [-0.39, 0.29) is 5.91 Å². The molecule has 0 saturated carbocycles. The molecule has 104 valence electrons. The maximum atomic E-state index is 11.7. The van der Waals surface area contributed by atoms with Crippen LogP contribution in [0.3, 0.4) is 0 Å². The summed E-state index contributed by atoms with van der Waals surface area (Å²) >= 11 is 0. The first-order chi connectivity index (χ1) is 9.29. The Bertz CT molecular complexity index is 425. The van der Waals surface area contributed by atoms with Crippen LogP contribution < -0.4 is 5.32 Å². The normalized spacial score (nSPS) is 16.2. The van der Waals surface area contributed by atoms with Crippen molar-refractivity contribution in [3.05, 3.63) is 23.5 Å². The third-order valence-electron chi connectivity index (χ3n) is 3.12. The van der Waals surface area contributed by atoms with Gasteiger partial charge in [0.25, 0.3) is 5.91 Å². The minimum atomic E-state index is -0.171. The lowest BCUT2D eigenvalue weighted by atomic mass is 10.3. The predicted molar refractivity (Wildman–Crippen MR) is 70.4 cm³/mol. The number of carbonyl (C=O) groups is 2. The molecule has 0 radical (unpaired) electrons. The SMILES string of the molecule is O=Cc1ccc(C(=O)NCCCN2CCOCC2)[nH]1. The highest BCUT2D eigenvalue weighted by molar-refractivity contribution is 5.93. The van der Waals surface area contributed by atoms with Gasteiger partial charge in [-0.3, -0.25) is 14.5 Å². The number of aromatic amines is 1. The summed E-state index contributed by atoms with van der Waals surface area (Å²) in [5, 5.41) is 2.83. The molecule has 6 heteroatoms. The lowest BCUT2D eigenvalue weighted by molar-refractivity contribution is 0.0374. The largest absolute Gasteiger partial charge is 0.379 e. The lowest BCUT2D eigenvalue weighted by Crippen LogP contribution is -2.38. The van der Waals surface area contributed by atoms with Crippen molar-refractivity contribution in [1.29, 1.82) is 0 Å². The quantitative estimate of drug-likeness (QED) is 0.572. The van der Waals surface area contributed by atoms with Crippen LogP contribution in [0.4, 0.5) is 0 Å². The fourth-order valence-electron chi connectivity index (χ4n) is 2.04. The molecule has 0 spiro atoms. The van der Waals surface area contributed by atoms with Gasteiger partial charge in [-0.05, 0) is 25.1 Å². The van der Waals surface area contributed by atoms with Crippen LogP contribution in [0, 0.1) is 0 Å². The van der Waals surface area contributed by atoms with Gasteiger partial charge in [-0.2, -0.15) is 0 Å². The van der Waals surface area contributed by atoms with Crippen LogP contribution in [0.5, 0.6) is 0 Å². The number of hydrogen-bond acceptors (Lipinski definition) is 4. The lowest BCUT2D eigenvalue weighted by Gasteiger charge is -2.26. The summed E-state index contributed by atoms with van der Waals surface area (Å²) in [5.41, 5.74) is 0.840. The number of rotatable bonds is 6. The van der Waals surface area contributed by atoms with Gasteiger partial charge in [-0.15, -0.1) is 0 Å². The van der Waals surface area contributed by atoms with Crippen LogP contribution in [0.15, 0.2) is 12.1 Å². The molecule has 0 atom stereocenters. The molecule has 19 heavy (non-hydrogen) atoms. The van der Waals surface area contributed by atoms with Crippen LogP contribution in [0.1, 0.15) is 27.4 Å². The Morgan fingerprint density at radius 3 is 2.89 bits per heavy atom.